The van der Waals surface area contributed by atoms with E-state index < -0.39 is 5.41 Å². The quantitative estimate of drug-likeness (QED) is 0.167. The predicted molar refractivity (Wildman–Crippen MR) is 273 cm³/mol. The van der Waals surface area contributed by atoms with Crippen molar-refractivity contribution in [1.82, 2.24) is 0 Å². The van der Waals surface area contributed by atoms with Gasteiger partial charge in [-0.2, -0.15) is 0 Å². The summed E-state index contributed by atoms with van der Waals surface area (Å²) in [7, 11) is 0. The fourth-order valence-electron chi connectivity index (χ4n) is 11.1. The minimum atomic E-state index is -0.617. The Morgan fingerprint density at radius 2 is 0.909 bits per heavy atom. The smallest absolute Gasteiger partial charge is 0.137 e. The highest BCUT2D eigenvalue weighted by Crippen LogP contribution is 2.63. The first-order valence-corrected chi connectivity index (χ1v) is 23.2. The average Bonchev–Trinajstić information content (AvgIpc) is 4.04. The zero-order valence-electron chi connectivity index (χ0n) is 35.6. The summed E-state index contributed by atoms with van der Waals surface area (Å²) in [4.78, 5) is 4.82. The first-order valence-electron chi connectivity index (χ1n) is 22.4. The van der Waals surface area contributed by atoms with Gasteiger partial charge in [-0.15, -0.1) is 11.3 Å². The molecule has 1 aliphatic heterocycles. The summed E-state index contributed by atoms with van der Waals surface area (Å²) in [5, 5.41) is 4.55. The van der Waals surface area contributed by atoms with Crippen molar-refractivity contribution in [2.75, 3.05) is 9.80 Å². The third-order valence-corrected chi connectivity index (χ3v) is 14.8. The van der Waals surface area contributed by atoms with Gasteiger partial charge in [0.1, 0.15) is 22.7 Å². The molecule has 2 aromatic heterocycles. The maximum atomic E-state index is 6.92. The molecule has 0 saturated carbocycles. The Morgan fingerprint density at radius 3 is 1.67 bits per heavy atom. The molecule has 0 atom stereocenters. The van der Waals surface area contributed by atoms with Crippen LogP contribution in [0.25, 0.3) is 53.2 Å². The van der Waals surface area contributed by atoms with E-state index in [1.807, 2.05) is 17.4 Å². The summed E-state index contributed by atoms with van der Waals surface area (Å²) in [5.41, 5.74) is 14.8. The molecule has 0 fully saturated rings. The summed E-state index contributed by atoms with van der Waals surface area (Å²) in [6.45, 7) is 0. The number of ether oxygens (including phenoxy) is 1. The Hall–Kier alpha value is -8.38. The van der Waals surface area contributed by atoms with E-state index in [9.17, 15) is 0 Å². The molecule has 0 amide bonds. The van der Waals surface area contributed by atoms with Crippen LogP contribution < -0.4 is 14.5 Å². The minimum absolute atomic E-state index is 0.617. The topological polar surface area (TPSA) is 28.9 Å². The third-order valence-electron chi connectivity index (χ3n) is 13.7. The molecule has 2 aliphatic rings. The molecule has 5 heteroatoms. The van der Waals surface area contributed by atoms with E-state index in [0.717, 1.165) is 78.7 Å². The molecule has 0 bridgehead atoms. The summed E-state index contributed by atoms with van der Waals surface area (Å²) < 4.78 is 16.0. The van der Waals surface area contributed by atoms with Gasteiger partial charge in [0.25, 0.3) is 0 Å². The maximum Gasteiger partial charge on any atom is 0.137 e. The highest BCUT2D eigenvalue weighted by Gasteiger charge is 2.51. The van der Waals surface area contributed by atoms with Gasteiger partial charge in [0.15, 0.2) is 0 Å². The summed E-state index contributed by atoms with van der Waals surface area (Å²) >= 11 is 1.84. The van der Waals surface area contributed by atoms with E-state index in [0.29, 0.717) is 0 Å². The van der Waals surface area contributed by atoms with Crippen molar-refractivity contribution in [2.45, 2.75) is 5.41 Å². The molecular weight excluding hydrogens is 825 g/mol. The molecule has 3 heterocycles. The van der Waals surface area contributed by atoms with Crippen LogP contribution in [-0.4, -0.2) is 0 Å². The van der Waals surface area contributed by atoms with Crippen LogP contribution in [-0.2, 0) is 5.41 Å². The van der Waals surface area contributed by atoms with Crippen LogP contribution in [0.15, 0.2) is 235 Å². The molecule has 0 radical (unpaired) electrons. The Kier molecular flexibility index (Phi) is 8.03. The Bertz CT molecular complexity index is 3800. The normalized spacial score (nSPS) is 13.1. The minimum Gasteiger partial charge on any atom is -0.457 e. The van der Waals surface area contributed by atoms with Crippen molar-refractivity contribution in [3.05, 3.63) is 253 Å². The van der Waals surface area contributed by atoms with Crippen molar-refractivity contribution in [3.63, 3.8) is 0 Å². The van der Waals surface area contributed by atoms with Gasteiger partial charge in [-0.1, -0.05) is 133 Å². The van der Waals surface area contributed by atoms with Gasteiger partial charge in [-0.05, 0) is 119 Å². The van der Waals surface area contributed by atoms with Gasteiger partial charge >= 0.3 is 0 Å². The van der Waals surface area contributed by atoms with Crippen molar-refractivity contribution in [2.24, 2.45) is 0 Å². The van der Waals surface area contributed by atoms with E-state index in [4.69, 9.17) is 9.15 Å². The standard InChI is InChI=1S/C61H38N2O2S/c1-3-17-39(18-4-1)62(40-19-5-2-6-20-40)52-28-16-32-58-60(52)46-37-41(34-36-57(46)66-58)63(51-27-15-31-56-59(51)45-23-9-13-29-53(45)64-56)42-33-35-55-50(38-42)61(49-26-12-14-30-54(49)65-55)47-24-10-7-21-43(47)44-22-8-11-25-48(44)61/h1-38H. The molecule has 1 spiro atoms. The van der Waals surface area contributed by atoms with Crippen molar-refractivity contribution < 1.29 is 9.15 Å². The van der Waals surface area contributed by atoms with Gasteiger partial charge in [-0.25, -0.2) is 0 Å². The highest BCUT2D eigenvalue weighted by molar-refractivity contribution is 7.26. The number of nitrogens with zero attached hydrogens (tertiary/aromatic N) is 2. The van der Waals surface area contributed by atoms with Crippen LogP contribution in [0.3, 0.4) is 0 Å². The molecule has 0 saturated heterocycles. The Balaban J connectivity index is 1.05. The molecule has 12 aromatic rings. The van der Waals surface area contributed by atoms with Crippen molar-refractivity contribution in [1.29, 1.82) is 0 Å². The van der Waals surface area contributed by atoms with Crippen LogP contribution in [0.4, 0.5) is 34.1 Å². The number of rotatable bonds is 6. The number of thiophene rings is 1. The lowest BCUT2D eigenvalue weighted by molar-refractivity contribution is 0.436. The monoisotopic (exact) mass is 862 g/mol. The van der Waals surface area contributed by atoms with E-state index in [1.54, 1.807) is 0 Å². The van der Waals surface area contributed by atoms with Gasteiger partial charge in [-0.3, -0.25) is 0 Å². The molecule has 310 valence electrons. The molecule has 66 heavy (non-hydrogen) atoms. The molecule has 4 nitrogen and oxygen atoms in total. The van der Waals surface area contributed by atoms with Gasteiger partial charge in [0, 0.05) is 59.4 Å². The summed E-state index contributed by atoms with van der Waals surface area (Å²) in [6.07, 6.45) is 0. The molecule has 1 aliphatic carbocycles. The largest absolute Gasteiger partial charge is 0.457 e. The number of hydrogen-bond acceptors (Lipinski definition) is 5. The van der Waals surface area contributed by atoms with Crippen LogP contribution in [0.1, 0.15) is 22.3 Å². The van der Waals surface area contributed by atoms with Crippen molar-refractivity contribution in [3.8, 4) is 22.6 Å². The number of furan rings is 1. The van der Waals surface area contributed by atoms with Crippen LogP contribution in [0.2, 0.25) is 0 Å². The summed E-state index contributed by atoms with van der Waals surface area (Å²) in [6, 6.07) is 83.1. The predicted octanol–water partition coefficient (Wildman–Crippen LogP) is 17.4. The zero-order valence-corrected chi connectivity index (χ0v) is 36.4. The number of fused-ring (bicyclic) bond motifs is 15. The lowest BCUT2D eigenvalue weighted by Gasteiger charge is -2.40. The molecule has 14 rings (SSSR count). The van der Waals surface area contributed by atoms with Gasteiger partial charge in [0.05, 0.1) is 22.2 Å². The highest BCUT2D eigenvalue weighted by atomic mass is 32.1. The van der Waals surface area contributed by atoms with Crippen LogP contribution >= 0.6 is 11.3 Å². The van der Waals surface area contributed by atoms with E-state index in [2.05, 4.69) is 234 Å². The number of benzene rings is 10. The Labute approximate surface area is 385 Å². The second-order valence-electron chi connectivity index (χ2n) is 17.1. The number of anilines is 6. The second-order valence-corrected chi connectivity index (χ2v) is 18.2. The van der Waals surface area contributed by atoms with Gasteiger partial charge in [0.2, 0.25) is 0 Å². The second kappa shape index (κ2) is 14.3. The lowest BCUT2D eigenvalue weighted by atomic mass is 9.66. The first kappa shape index (κ1) is 37.0. The fraction of sp³-hybridized carbons (Fsp3) is 0.0164. The first-order chi connectivity index (χ1) is 32.7. The lowest BCUT2D eigenvalue weighted by Crippen LogP contribution is -2.32. The molecule has 0 N–H and O–H groups in total. The third kappa shape index (κ3) is 5.26. The van der Waals surface area contributed by atoms with Crippen LogP contribution in [0.5, 0.6) is 11.5 Å². The fourth-order valence-corrected chi connectivity index (χ4v) is 12.2. The van der Waals surface area contributed by atoms with E-state index in [1.165, 1.54) is 42.4 Å². The summed E-state index contributed by atoms with van der Waals surface area (Å²) in [5.74, 6) is 1.73. The zero-order chi connectivity index (χ0) is 43.3. The van der Waals surface area contributed by atoms with E-state index >= 15 is 0 Å². The van der Waals surface area contributed by atoms with E-state index in [-0.39, 0.29) is 0 Å². The molecule has 0 unspecified atom stereocenters. The maximum absolute atomic E-state index is 6.92. The Morgan fingerprint density at radius 1 is 0.348 bits per heavy atom. The SMILES string of the molecule is c1ccc(N(c2ccccc2)c2cccc3sc4ccc(N(c5ccc6c(c5)C5(c7ccccc7O6)c6ccccc6-c6ccccc65)c5cccc6oc7ccccc7c56)cc4c23)cc1. The molecular formula is C61H38N2O2S. The van der Waals surface area contributed by atoms with Crippen LogP contribution in [0, 0.1) is 0 Å². The van der Waals surface area contributed by atoms with Crippen molar-refractivity contribution >= 4 is 87.6 Å². The van der Waals surface area contributed by atoms with Gasteiger partial charge < -0.3 is 19.0 Å². The average molecular weight is 863 g/mol. The molecule has 10 aromatic carbocycles. The number of hydrogen-bond donors (Lipinski definition) is 0. The number of para-hydroxylation sites is 4.